The number of carbonyl (C=O) groups excluding carboxylic acids is 3. The summed E-state index contributed by atoms with van der Waals surface area (Å²) in [6.07, 6.45) is 9.28. The average molecular weight is 481 g/mol. The number of amides is 3. The van der Waals surface area contributed by atoms with Crippen molar-refractivity contribution < 1.29 is 14.4 Å². The molecule has 1 aromatic carbocycles. The van der Waals surface area contributed by atoms with Gasteiger partial charge in [0.15, 0.2) is 0 Å². The molecule has 1 saturated carbocycles. The van der Waals surface area contributed by atoms with Crippen LogP contribution < -0.4 is 4.90 Å². The number of fused-ring (bicyclic) bond motifs is 1. The number of aromatic nitrogens is 1. The van der Waals surface area contributed by atoms with Gasteiger partial charge in [-0.05, 0) is 44.7 Å². The topological polar surface area (TPSA) is 73.8 Å². The van der Waals surface area contributed by atoms with Crippen LogP contribution >= 0.6 is 11.3 Å². The van der Waals surface area contributed by atoms with Gasteiger partial charge >= 0.3 is 0 Å². The van der Waals surface area contributed by atoms with Gasteiger partial charge in [-0.3, -0.25) is 19.3 Å². The van der Waals surface area contributed by atoms with Crippen LogP contribution in [0.5, 0.6) is 0 Å². The Morgan fingerprint density at radius 3 is 2.65 bits per heavy atom. The van der Waals surface area contributed by atoms with E-state index in [0.717, 1.165) is 42.9 Å². The molecule has 0 N–H and O–H groups in total. The average Bonchev–Trinajstić information content (AvgIpc) is 3.51. The van der Waals surface area contributed by atoms with Crippen molar-refractivity contribution in [2.75, 3.05) is 25.0 Å². The summed E-state index contributed by atoms with van der Waals surface area (Å²) in [5, 5.41) is 2.59. The Labute approximate surface area is 204 Å². The van der Waals surface area contributed by atoms with Crippen LogP contribution in [0.2, 0.25) is 0 Å². The molecule has 8 heteroatoms. The first-order valence-corrected chi connectivity index (χ1v) is 13.3. The van der Waals surface area contributed by atoms with E-state index in [1.54, 1.807) is 12.3 Å². The lowest BCUT2D eigenvalue weighted by Crippen LogP contribution is -2.47. The molecule has 0 unspecified atom stereocenters. The van der Waals surface area contributed by atoms with E-state index in [1.165, 1.54) is 35.5 Å². The molecule has 3 amide bonds. The molecule has 2 fully saturated rings. The Kier molecular flexibility index (Phi) is 6.42. The van der Waals surface area contributed by atoms with Gasteiger partial charge < -0.3 is 9.80 Å². The molecular formula is C26H32N4O3S. The molecule has 1 saturated heterocycles. The normalized spacial score (nSPS) is 22.1. The van der Waals surface area contributed by atoms with Crippen molar-refractivity contribution in [1.29, 1.82) is 0 Å². The zero-order valence-electron chi connectivity index (χ0n) is 19.9. The molecular weight excluding hydrogens is 448 g/mol. The third-order valence-corrected chi connectivity index (χ3v) is 8.65. The van der Waals surface area contributed by atoms with Gasteiger partial charge in [-0.2, -0.15) is 0 Å². The van der Waals surface area contributed by atoms with Crippen LogP contribution in [0.15, 0.2) is 29.8 Å². The fourth-order valence-corrected chi connectivity index (χ4v) is 6.47. The summed E-state index contributed by atoms with van der Waals surface area (Å²) in [6, 6.07) is 5.42. The molecule has 3 heterocycles. The fourth-order valence-electron chi connectivity index (χ4n) is 5.79. The Morgan fingerprint density at radius 1 is 1.12 bits per heavy atom. The minimum Gasteiger partial charge on any atom is -0.370 e. The smallest absolute Gasteiger partial charge is 0.264 e. The van der Waals surface area contributed by atoms with E-state index in [4.69, 9.17) is 0 Å². The molecule has 1 aromatic heterocycles. The molecule has 2 atom stereocenters. The van der Waals surface area contributed by atoms with Gasteiger partial charge in [0.25, 0.3) is 11.8 Å². The van der Waals surface area contributed by atoms with Crippen molar-refractivity contribution >= 4 is 34.7 Å². The van der Waals surface area contributed by atoms with Crippen molar-refractivity contribution in [3.8, 4) is 0 Å². The van der Waals surface area contributed by atoms with Crippen molar-refractivity contribution in [2.24, 2.45) is 5.92 Å². The highest BCUT2D eigenvalue weighted by Gasteiger charge is 2.42. The van der Waals surface area contributed by atoms with E-state index < -0.39 is 6.04 Å². The van der Waals surface area contributed by atoms with Gasteiger partial charge in [0.2, 0.25) is 5.91 Å². The summed E-state index contributed by atoms with van der Waals surface area (Å²) >= 11 is 1.44. The highest BCUT2D eigenvalue weighted by molar-refractivity contribution is 7.09. The number of rotatable bonds is 5. The Morgan fingerprint density at radius 2 is 1.91 bits per heavy atom. The highest BCUT2D eigenvalue weighted by Crippen LogP contribution is 2.38. The maximum atomic E-state index is 13.5. The predicted molar refractivity (Wildman–Crippen MR) is 132 cm³/mol. The molecule has 3 aliphatic rings. The largest absolute Gasteiger partial charge is 0.370 e. The van der Waals surface area contributed by atoms with Crippen LogP contribution in [0.3, 0.4) is 0 Å². The number of carbonyl (C=O) groups is 3. The summed E-state index contributed by atoms with van der Waals surface area (Å²) in [5.41, 5.74) is 1.67. The molecule has 2 aromatic rings. The predicted octanol–water partition coefficient (Wildman–Crippen LogP) is 4.51. The number of nitrogens with zero attached hydrogens (tertiary/aromatic N) is 4. The van der Waals surface area contributed by atoms with E-state index in [2.05, 4.69) is 9.88 Å². The van der Waals surface area contributed by atoms with Crippen LogP contribution in [-0.2, 0) is 4.79 Å². The quantitative estimate of drug-likeness (QED) is 0.589. The maximum Gasteiger partial charge on any atom is 0.264 e. The second-order valence-electron chi connectivity index (χ2n) is 9.75. The fraction of sp³-hybridized carbons (Fsp3) is 0.538. The Hall–Kier alpha value is -2.74. The molecule has 0 radical (unpaired) electrons. The van der Waals surface area contributed by atoms with Crippen LogP contribution in [-0.4, -0.2) is 58.7 Å². The molecule has 1 aliphatic carbocycles. The number of benzene rings is 1. The number of imide groups is 1. The standard InChI is InChI=1S/C26H32N4O3S/c1-17(23-27-13-15-34-23)30-25(32)20-11-6-12-21(22(20)26(30)33)29-14-7-8-18(16-29)24(31)28(2)19-9-4-3-5-10-19/h6,11-13,15,17-19H,3-5,7-10,14,16H2,1-2H3/t17-,18+/m0/s1. The second kappa shape index (κ2) is 9.49. The summed E-state index contributed by atoms with van der Waals surface area (Å²) in [6.45, 7) is 3.20. The van der Waals surface area contributed by atoms with Crippen molar-refractivity contribution in [1.82, 2.24) is 14.8 Å². The lowest BCUT2D eigenvalue weighted by atomic mass is 9.91. The number of anilines is 1. The third-order valence-electron chi connectivity index (χ3n) is 7.70. The van der Waals surface area contributed by atoms with Crippen LogP contribution in [0.4, 0.5) is 5.69 Å². The second-order valence-corrected chi connectivity index (χ2v) is 10.7. The first-order chi connectivity index (χ1) is 16.5. The van der Waals surface area contributed by atoms with Gasteiger partial charge in [-0.15, -0.1) is 11.3 Å². The number of thiazole rings is 1. The van der Waals surface area contributed by atoms with E-state index in [1.807, 2.05) is 36.4 Å². The first-order valence-electron chi connectivity index (χ1n) is 12.4. The van der Waals surface area contributed by atoms with Gasteiger partial charge in [0.05, 0.1) is 28.8 Å². The van der Waals surface area contributed by atoms with Gasteiger partial charge in [0.1, 0.15) is 5.01 Å². The summed E-state index contributed by atoms with van der Waals surface area (Å²) in [7, 11) is 1.96. The van der Waals surface area contributed by atoms with Crippen LogP contribution in [0, 0.1) is 5.92 Å². The van der Waals surface area contributed by atoms with Crippen LogP contribution in [0.25, 0.3) is 0 Å². The van der Waals surface area contributed by atoms with Gasteiger partial charge in [-0.25, -0.2) is 4.98 Å². The zero-order chi connectivity index (χ0) is 23.8. The highest BCUT2D eigenvalue weighted by atomic mass is 32.1. The Bertz CT molecular complexity index is 1080. The number of hydrogen-bond acceptors (Lipinski definition) is 6. The summed E-state index contributed by atoms with van der Waals surface area (Å²) < 4.78 is 0. The maximum absolute atomic E-state index is 13.5. The zero-order valence-corrected chi connectivity index (χ0v) is 20.7. The van der Waals surface area contributed by atoms with E-state index >= 15 is 0 Å². The van der Waals surface area contributed by atoms with E-state index in [-0.39, 0.29) is 23.6 Å². The molecule has 0 bridgehead atoms. The molecule has 2 aliphatic heterocycles. The van der Waals surface area contributed by atoms with Crippen LogP contribution in [0.1, 0.15) is 83.6 Å². The number of piperidine rings is 1. The lowest BCUT2D eigenvalue weighted by molar-refractivity contribution is -0.137. The Balaban J connectivity index is 1.37. The third kappa shape index (κ3) is 4.02. The van der Waals surface area contributed by atoms with Gasteiger partial charge in [0, 0.05) is 37.8 Å². The molecule has 0 spiro atoms. The van der Waals surface area contributed by atoms with Crippen molar-refractivity contribution in [2.45, 2.75) is 64.0 Å². The van der Waals surface area contributed by atoms with Crippen molar-refractivity contribution in [3.05, 3.63) is 45.9 Å². The summed E-state index contributed by atoms with van der Waals surface area (Å²) in [4.78, 5) is 49.9. The molecule has 7 nitrogen and oxygen atoms in total. The monoisotopic (exact) mass is 480 g/mol. The minimum absolute atomic E-state index is 0.0888. The van der Waals surface area contributed by atoms with E-state index in [0.29, 0.717) is 23.7 Å². The number of hydrogen-bond donors (Lipinski definition) is 0. The van der Waals surface area contributed by atoms with Crippen molar-refractivity contribution in [3.63, 3.8) is 0 Å². The minimum atomic E-state index is -0.417. The van der Waals surface area contributed by atoms with Gasteiger partial charge in [-0.1, -0.05) is 25.3 Å². The molecule has 34 heavy (non-hydrogen) atoms. The van der Waals surface area contributed by atoms with E-state index in [9.17, 15) is 14.4 Å². The first kappa shape index (κ1) is 23.0. The SMILES string of the molecule is C[C@@H](c1nccs1)N1C(=O)c2cccc(N3CCC[C@@H](C(=O)N(C)C4CCCCC4)C3)c2C1=O. The summed E-state index contributed by atoms with van der Waals surface area (Å²) in [5.74, 6) is -0.419. The molecule has 180 valence electrons. The lowest BCUT2D eigenvalue weighted by Gasteiger charge is -2.38. The molecule has 5 rings (SSSR count).